The Morgan fingerprint density at radius 3 is 1.24 bits per heavy atom. The zero-order valence-corrected chi connectivity index (χ0v) is 24.7. The van der Waals surface area contributed by atoms with Gasteiger partial charge in [-0.1, -0.05) is 72.4 Å². The molecule has 0 atom stereocenters. The van der Waals surface area contributed by atoms with Crippen LogP contribution in [0.1, 0.15) is 75.5 Å². The molecule has 3 aromatic carbocycles. The monoisotopic (exact) mass is 519 g/mol. The van der Waals surface area contributed by atoms with Gasteiger partial charge in [0, 0.05) is 13.2 Å². The second-order valence-electron chi connectivity index (χ2n) is 10.3. The normalized spacial score (nSPS) is 11.8. The zero-order valence-electron chi connectivity index (χ0n) is 23.8. The Balaban J connectivity index is 1.72. The van der Waals surface area contributed by atoms with Crippen molar-refractivity contribution >= 4 is 23.2 Å². The van der Waals surface area contributed by atoms with Gasteiger partial charge in [-0.3, -0.25) is 0 Å². The summed E-state index contributed by atoms with van der Waals surface area (Å²) >= 11 is 0. The van der Waals surface area contributed by atoms with Gasteiger partial charge in [0.15, 0.2) is 6.29 Å². The predicted molar refractivity (Wildman–Crippen MR) is 164 cm³/mol. The average Bonchev–Trinajstić information content (AvgIpc) is 2.90. The van der Waals surface area contributed by atoms with Gasteiger partial charge in [-0.2, -0.15) is 0 Å². The van der Waals surface area contributed by atoms with Crippen LogP contribution in [0.15, 0.2) is 72.8 Å². The third-order valence-corrected chi connectivity index (χ3v) is 11.8. The van der Waals surface area contributed by atoms with E-state index >= 15 is 0 Å². The smallest absolute Gasteiger partial charge is 0.157 e. The van der Waals surface area contributed by atoms with Crippen molar-refractivity contribution in [2.24, 2.45) is 0 Å². The average molecular weight is 520 g/mol. The summed E-state index contributed by atoms with van der Waals surface area (Å²) in [6.45, 7) is 12.1. The van der Waals surface area contributed by atoms with Gasteiger partial charge in [-0.15, -0.1) is 0 Å². The second kappa shape index (κ2) is 15.4. The number of hydrogen-bond donors (Lipinski definition) is 0. The largest absolute Gasteiger partial charge is 0.353 e. The van der Waals surface area contributed by atoms with Crippen LogP contribution in [0, 0.1) is 20.8 Å². The van der Waals surface area contributed by atoms with E-state index in [1.807, 2.05) is 13.8 Å². The molecule has 0 aliphatic carbocycles. The molecule has 0 radical (unpaired) electrons. The van der Waals surface area contributed by atoms with Crippen molar-refractivity contribution in [3.63, 3.8) is 0 Å². The van der Waals surface area contributed by atoms with Gasteiger partial charge in [0.2, 0.25) is 0 Å². The van der Waals surface area contributed by atoms with E-state index in [0.29, 0.717) is 0 Å². The molecule has 3 heteroatoms. The van der Waals surface area contributed by atoms with Gasteiger partial charge in [0.1, 0.15) is 23.2 Å². The molecule has 0 amide bonds. The molecule has 0 bridgehead atoms. The lowest BCUT2D eigenvalue weighted by molar-refractivity contribution is -0.140. The fourth-order valence-corrected chi connectivity index (χ4v) is 9.53. The second-order valence-corrected chi connectivity index (χ2v) is 13.9. The fourth-order valence-electron chi connectivity index (χ4n) is 5.19. The number of ether oxygens (including phenoxy) is 2. The molecule has 3 rings (SSSR count). The zero-order chi connectivity index (χ0) is 26.5. The summed E-state index contributed by atoms with van der Waals surface area (Å²) in [5.41, 5.74) is 3.97. The molecule has 0 saturated carbocycles. The fraction of sp³-hybridized carbons (Fsp3) is 0.471. The summed E-state index contributed by atoms with van der Waals surface area (Å²) in [4.78, 5) is 0. The minimum Gasteiger partial charge on any atom is -0.353 e. The summed E-state index contributed by atoms with van der Waals surface area (Å²) in [6.07, 6.45) is 9.75. The van der Waals surface area contributed by atoms with Crippen LogP contribution in [0.5, 0.6) is 0 Å². The molecule has 0 saturated heterocycles. The van der Waals surface area contributed by atoms with E-state index < -0.39 is 7.26 Å². The molecule has 37 heavy (non-hydrogen) atoms. The molecule has 0 fully saturated rings. The lowest BCUT2D eigenvalue weighted by atomic mass is 10.1. The van der Waals surface area contributed by atoms with Gasteiger partial charge in [0.25, 0.3) is 0 Å². The van der Waals surface area contributed by atoms with Crippen molar-refractivity contribution in [1.82, 2.24) is 0 Å². The Morgan fingerprint density at radius 2 is 0.865 bits per heavy atom. The van der Waals surface area contributed by atoms with Crippen molar-refractivity contribution in [3.05, 3.63) is 89.5 Å². The van der Waals surface area contributed by atoms with Crippen molar-refractivity contribution < 1.29 is 9.47 Å². The number of rotatable bonds is 16. The van der Waals surface area contributed by atoms with Gasteiger partial charge in [-0.05, 0) is 96.7 Å². The highest BCUT2D eigenvalue weighted by Gasteiger charge is 2.44. The molecule has 0 aromatic heterocycles. The minimum absolute atomic E-state index is 0.0288. The number of benzene rings is 3. The van der Waals surface area contributed by atoms with Crippen molar-refractivity contribution in [3.8, 4) is 0 Å². The first-order valence-electron chi connectivity index (χ1n) is 14.3. The van der Waals surface area contributed by atoms with Crippen molar-refractivity contribution in [2.75, 3.05) is 19.4 Å². The Kier molecular flexibility index (Phi) is 12.3. The van der Waals surface area contributed by atoms with Gasteiger partial charge in [-0.25, -0.2) is 0 Å². The van der Waals surface area contributed by atoms with Gasteiger partial charge >= 0.3 is 0 Å². The highest BCUT2D eigenvalue weighted by Crippen LogP contribution is 2.56. The van der Waals surface area contributed by atoms with Crippen LogP contribution in [0.25, 0.3) is 0 Å². The van der Waals surface area contributed by atoms with E-state index in [9.17, 15) is 0 Å². The number of aryl methyl sites for hydroxylation is 3. The summed E-state index contributed by atoms with van der Waals surface area (Å²) in [6, 6.07) is 28.2. The Labute approximate surface area is 227 Å². The van der Waals surface area contributed by atoms with E-state index in [4.69, 9.17) is 9.47 Å². The van der Waals surface area contributed by atoms with Crippen LogP contribution in [0.4, 0.5) is 0 Å². The third-order valence-electron chi connectivity index (χ3n) is 7.31. The Hall–Kier alpha value is -1.99. The lowest BCUT2D eigenvalue weighted by Gasteiger charge is -2.28. The highest BCUT2D eigenvalue weighted by molar-refractivity contribution is 7.95. The summed E-state index contributed by atoms with van der Waals surface area (Å²) < 4.78 is 11.4. The van der Waals surface area contributed by atoms with Crippen LogP contribution >= 0.6 is 7.26 Å². The molecular weight excluding hydrogens is 471 g/mol. The van der Waals surface area contributed by atoms with Crippen LogP contribution in [-0.2, 0) is 9.47 Å². The third kappa shape index (κ3) is 8.51. The molecule has 0 aliphatic rings. The van der Waals surface area contributed by atoms with Crippen LogP contribution in [0.2, 0.25) is 0 Å². The first-order chi connectivity index (χ1) is 18.0. The van der Waals surface area contributed by atoms with Crippen LogP contribution in [-0.4, -0.2) is 25.7 Å². The molecule has 0 heterocycles. The van der Waals surface area contributed by atoms with Crippen LogP contribution < -0.4 is 15.9 Å². The molecule has 0 spiro atoms. The molecule has 0 aliphatic heterocycles. The van der Waals surface area contributed by atoms with Crippen molar-refractivity contribution in [2.45, 2.75) is 85.9 Å². The predicted octanol–water partition coefficient (Wildman–Crippen LogP) is 8.04. The molecular formula is C34H48O2P+. The van der Waals surface area contributed by atoms with E-state index in [1.54, 1.807) is 0 Å². The summed E-state index contributed by atoms with van der Waals surface area (Å²) in [5.74, 6) is 0. The first kappa shape index (κ1) is 29.6. The molecule has 0 unspecified atom stereocenters. The van der Waals surface area contributed by atoms with E-state index in [1.165, 1.54) is 77.3 Å². The Bertz CT molecular complexity index is 908. The van der Waals surface area contributed by atoms with E-state index in [2.05, 4.69) is 93.6 Å². The maximum Gasteiger partial charge on any atom is 0.157 e. The molecule has 200 valence electrons. The quantitative estimate of drug-likeness (QED) is 0.108. The standard InChI is InChI=1S/C34H48O2P/c1-6-35-34(36-7-2)14-12-10-8-9-11-13-27-37(31-21-15-28(3)16-22-31,32-23-17-29(4)18-24-32)33-25-19-30(5)20-26-33/h15-26,34H,6-14,27H2,1-5H3/q+1. The summed E-state index contributed by atoms with van der Waals surface area (Å²) in [5, 5.41) is 4.51. The molecule has 2 nitrogen and oxygen atoms in total. The van der Waals surface area contributed by atoms with Crippen molar-refractivity contribution in [1.29, 1.82) is 0 Å². The Morgan fingerprint density at radius 1 is 0.514 bits per heavy atom. The maximum absolute atomic E-state index is 5.69. The number of unbranched alkanes of at least 4 members (excludes halogenated alkanes) is 5. The molecule has 3 aromatic rings. The first-order valence-corrected chi connectivity index (χ1v) is 16.3. The maximum atomic E-state index is 5.69. The van der Waals surface area contributed by atoms with E-state index in [0.717, 1.165) is 19.6 Å². The van der Waals surface area contributed by atoms with Crippen LogP contribution in [0.3, 0.4) is 0 Å². The number of hydrogen-bond acceptors (Lipinski definition) is 2. The summed E-state index contributed by atoms with van der Waals surface area (Å²) in [7, 11) is -1.74. The minimum atomic E-state index is -1.74. The SMILES string of the molecule is CCOC(CCCCCCCC[P+](c1ccc(C)cc1)(c1ccc(C)cc1)c1ccc(C)cc1)OCC. The highest BCUT2D eigenvalue weighted by atomic mass is 31.2. The van der Waals surface area contributed by atoms with Gasteiger partial charge in [0.05, 0.1) is 6.16 Å². The topological polar surface area (TPSA) is 18.5 Å². The van der Waals surface area contributed by atoms with Gasteiger partial charge < -0.3 is 9.47 Å². The van der Waals surface area contributed by atoms with E-state index in [-0.39, 0.29) is 6.29 Å². The lowest BCUT2D eigenvalue weighted by Crippen LogP contribution is -2.33. The molecule has 0 N–H and O–H groups in total.